The summed E-state index contributed by atoms with van der Waals surface area (Å²) in [7, 11) is 0. The molecule has 2 aliphatic heterocycles. The van der Waals surface area contributed by atoms with Gasteiger partial charge in [0.1, 0.15) is 6.04 Å². The van der Waals surface area contributed by atoms with Crippen molar-refractivity contribution >= 4 is 17.8 Å². The topological polar surface area (TPSA) is 98.7 Å². The standard InChI is InChI=1S/C28H35N3O4/c1-19(2)16-24(26(33)34)30-27(35)28(22-10-4-3-5-11-22)12-14-31(15-13-28)25(32)23-17-20-8-6-7-9-21(20)18-29-23/h3-11,19,23-24,29H,12-18H2,1-2H3,(H,30,35)(H,33,34)/t23-,24+/m1/s1. The van der Waals surface area contributed by atoms with Gasteiger partial charge < -0.3 is 20.6 Å². The van der Waals surface area contributed by atoms with Crippen molar-refractivity contribution in [3.8, 4) is 0 Å². The number of nitrogens with one attached hydrogen (secondary N) is 2. The van der Waals surface area contributed by atoms with Crippen LogP contribution < -0.4 is 10.6 Å². The molecule has 2 amide bonds. The quantitative estimate of drug-likeness (QED) is 0.570. The van der Waals surface area contributed by atoms with Crippen LogP contribution in [0.1, 0.15) is 49.8 Å². The van der Waals surface area contributed by atoms with E-state index >= 15 is 0 Å². The number of carbonyl (C=O) groups excluding carboxylic acids is 2. The van der Waals surface area contributed by atoms with Gasteiger partial charge in [0.2, 0.25) is 11.8 Å². The van der Waals surface area contributed by atoms with Crippen LogP contribution in [0, 0.1) is 5.92 Å². The molecule has 0 aromatic heterocycles. The van der Waals surface area contributed by atoms with E-state index in [1.807, 2.05) is 61.2 Å². The number of rotatable bonds is 7. The molecule has 2 aliphatic rings. The van der Waals surface area contributed by atoms with Crippen LogP contribution in [-0.2, 0) is 32.8 Å². The van der Waals surface area contributed by atoms with Gasteiger partial charge in [0.15, 0.2) is 0 Å². The SMILES string of the molecule is CC(C)C[C@H](NC(=O)C1(c2ccccc2)CCN(C(=O)[C@H]2Cc3ccccc3CN2)CC1)C(=O)O. The van der Waals surface area contributed by atoms with Gasteiger partial charge in [-0.2, -0.15) is 0 Å². The highest BCUT2D eigenvalue weighted by Gasteiger charge is 2.45. The van der Waals surface area contributed by atoms with Crippen molar-refractivity contribution in [1.29, 1.82) is 0 Å². The summed E-state index contributed by atoms with van der Waals surface area (Å²) in [5, 5.41) is 15.9. The normalized spacial score (nSPS) is 20.1. The summed E-state index contributed by atoms with van der Waals surface area (Å²) >= 11 is 0. The molecule has 2 aromatic carbocycles. The van der Waals surface area contributed by atoms with Crippen molar-refractivity contribution in [3.05, 3.63) is 71.3 Å². The molecular formula is C28H35N3O4. The first-order valence-corrected chi connectivity index (χ1v) is 12.5. The number of aliphatic carboxylic acids is 1. The molecule has 7 nitrogen and oxygen atoms in total. The van der Waals surface area contributed by atoms with Crippen molar-refractivity contribution in [2.45, 2.75) is 63.6 Å². The van der Waals surface area contributed by atoms with E-state index in [4.69, 9.17) is 0 Å². The number of carboxylic acids is 1. The van der Waals surface area contributed by atoms with Gasteiger partial charge in [-0.1, -0.05) is 68.4 Å². The molecule has 2 aromatic rings. The van der Waals surface area contributed by atoms with Gasteiger partial charge in [0.25, 0.3) is 0 Å². The van der Waals surface area contributed by atoms with E-state index < -0.39 is 17.4 Å². The van der Waals surface area contributed by atoms with Crippen LogP contribution in [0.4, 0.5) is 0 Å². The molecule has 0 unspecified atom stereocenters. The van der Waals surface area contributed by atoms with E-state index in [1.165, 1.54) is 11.1 Å². The van der Waals surface area contributed by atoms with Crippen molar-refractivity contribution in [2.75, 3.05) is 13.1 Å². The molecule has 186 valence electrons. The average Bonchev–Trinajstić information content (AvgIpc) is 2.87. The molecule has 2 atom stereocenters. The Morgan fingerprint density at radius 2 is 1.66 bits per heavy atom. The lowest BCUT2D eigenvalue weighted by molar-refractivity contribution is -0.144. The number of piperidine rings is 1. The van der Waals surface area contributed by atoms with Crippen molar-refractivity contribution in [2.24, 2.45) is 5.92 Å². The Bertz CT molecular complexity index is 1060. The van der Waals surface area contributed by atoms with Gasteiger partial charge in [-0.25, -0.2) is 4.79 Å². The molecule has 7 heteroatoms. The minimum absolute atomic E-state index is 0.0600. The number of benzene rings is 2. The van der Waals surface area contributed by atoms with E-state index in [2.05, 4.69) is 22.8 Å². The highest BCUT2D eigenvalue weighted by atomic mass is 16.4. The van der Waals surface area contributed by atoms with Crippen molar-refractivity contribution < 1.29 is 19.5 Å². The lowest BCUT2D eigenvalue weighted by Crippen LogP contribution is -2.58. The van der Waals surface area contributed by atoms with Crippen LogP contribution >= 0.6 is 0 Å². The largest absolute Gasteiger partial charge is 0.480 e. The van der Waals surface area contributed by atoms with Crippen LogP contribution in [0.2, 0.25) is 0 Å². The second-order valence-corrected chi connectivity index (χ2v) is 10.2. The lowest BCUT2D eigenvalue weighted by Gasteiger charge is -2.42. The molecule has 0 saturated carbocycles. The van der Waals surface area contributed by atoms with Gasteiger partial charge in [0.05, 0.1) is 11.5 Å². The van der Waals surface area contributed by atoms with E-state index in [9.17, 15) is 19.5 Å². The average molecular weight is 478 g/mol. The molecule has 0 radical (unpaired) electrons. The summed E-state index contributed by atoms with van der Waals surface area (Å²) in [6.45, 7) is 5.45. The fraction of sp³-hybridized carbons (Fsp3) is 0.464. The summed E-state index contributed by atoms with van der Waals surface area (Å²) in [5.41, 5.74) is 2.42. The third-order valence-electron chi connectivity index (χ3n) is 7.38. The maximum Gasteiger partial charge on any atom is 0.326 e. The highest BCUT2D eigenvalue weighted by molar-refractivity contribution is 5.92. The van der Waals surface area contributed by atoms with E-state index in [0.717, 1.165) is 5.56 Å². The second kappa shape index (κ2) is 10.6. The summed E-state index contributed by atoms with van der Waals surface area (Å²) in [6, 6.07) is 16.5. The fourth-order valence-electron chi connectivity index (χ4n) is 5.35. The number of likely N-dealkylation sites (tertiary alicyclic amines) is 1. The van der Waals surface area contributed by atoms with Crippen LogP contribution in [0.5, 0.6) is 0 Å². The summed E-state index contributed by atoms with van der Waals surface area (Å²) < 4.78 is 0. The minimum atomic E-state index is -1.02. The third kappa shape index (κ3) is 5.40. The van der Waals surface area contributed by atoms with Gasteiger partial charge in [-0.3, -0.25) is 9.59 Å². The zero-order valence-corrected chi connectivity index (χ0v) is 20.5. The Labute approximate surface area is 206 Å². The van der Waals surface area contributed by atoms with Gasteiger partial charge in [-0.15, -0.1) is 0 Å². The molecule has 35 heavy (non-hydrogen) atoms. The molecule has 1 saturated heterocycles. The number of hydrogen-bond acceptors (Lipinski definition) is 4. The molecule has 2 heterocycles. The first kappa shape index (κ1) is 24.9. The van der Waals surface area contributed by atoms with E-state index in [0.29, 0.717) is 45.3 Å². The number of amides is 2. The Hall–Kier alpha value is -3.19. The third-order valence-corrected chi connectivity index (χ3v) is 7.38. The molecule has 0 spiro atoms. The molecule has 3 N–H and O–H groups in total. The number of nitrogens with zero attached hydrogens (tertiary/aromatic N) is 1. The Balaban J connectivity index is 1.49. The molecular weight excluding hydrogens is 442 g/mol. The first-order chi connectivity index (χ1) is 16.8. The maximum absolute atomic E-state index is 13.6. The molecule has 4 rings (SSSR count). The number of fused-ring (bicyclic) bond motifs is 1. The van der Waals surface area contributed by atoms with Crippen LogP contribution in [0.25, 0.3) is 0 Å². The van der Waals surface area contributed by atoms with Gasteiger partial charge >= 0.3 is 5.97 Å². The monoisotopic (exact) mass is 477 g/mol. The number of carbonyl (C=O) groups is 3. The van der Waals surface area contributed by atoms with Gasteiger partial charge in [0, 0.05) is 19.6 Å². The Kier molecular flexibility index (Phi) is 7.55. The highest BCUT2D eigenvalue weighted by Crippen LogP contribution is 2.36. The summed E-state index contributed by atoms with van der Waals surface area (Å²) in [6.07, 6.45) is 1.93. The first-order valence-electron chi connectivity index (χ1n) is 12.5. The predicted octanol–water partition coefficient (Wildman–Crippen LogP) is 2.88. The van der Waals surface area contributed by atoms with Crippen LogP contribution in [-0.4, -0.2) is 53.0 Å². The summed E-state index contributed by atoms with van der Waals surface area (Å²) in [5.74, 6) is -1.10. The van der Waals surface area contributed by atoms with E-state index in [1.54, 1.807) is 0 Å². The lowest BCUT2D eigenvalue weighted by atomic mass is 9.71. The minimum Gasteiger partial charge on any atom is -0.480 e. The van der Waals surface area contributed by atoms with E-state index in [-0.39, 0.29) is 23.8 Å². The molecule has 0 aliphatic carbocycles. The van der Waals surface area contributed by atoms with Crippen LogP contribution in [0.3, 0.4) is 0 Å². The fourth-order valence-corrected chi connectivity index (χ4v) is 5.35. The zero-order valence-electron chi connectivity index (χ0n) is 20.5. The molecule has 0 bridgehead atoms. The predicted molar refractivity (Wildman–Crippen MR) is 134 cm³/mol. The van der Waals surface area contributed by atoms with Crippen molar-refractivity contribution in [3.63, 3.8) is 0 Å². The second-order valence-electron chi connectivity index (χ2n) is 10.2. The zero-order chi connectivity index (χ0) is 25.0. The molecule has 1 fully saturated rings. The number of hydrogen-bond donors (Lipinski definition) is 3. The van der Waals surface area contributed by atoms with Crippen LogP contribution in [0.15, 0.2) is 54.6 Å². The van der Waals surface area contributed by atoms with Crippen molar-refractivity contribution in [1.82, 2.24) is 15.5 Å². The Morgan fingerprint density at radius 3 is 2.29 bits per heavy atom. The maximum atomic E-state index is 13.6. The summed E-state index contributed by atoms with van der Waals surface area (Å²) in [4.78, 5) is 40.7. The number of carboxylic acid groups (broad SMARTS) is 1. The van der Waals surface area contributed by atoms with Gasteiger partial charge in [-0.05, 0) is 48.3 Å². The Morgan fingerprint density at radius 1 is 1.03 bits per heavy atom. The smallest absolute Gasteiger partial charge is 0.326 e.